The van der Waals surface area contributed by atoms with Gasteiger partial charge in [-0.1, -0.05) is 18.3 Å². The van der Waals surface area contributed by atoms with Crippen molar-refractivity contribution in [3.8, 4) is 0 Å². The molecule has 1 fully saturated rings. The number of hydrogen-bond acceptors (Lipinski definition) is 7. The van der Waals surface area contributed by atoms with Crippen LogP contribution in [0.25, 0.3) is 0 Å². The maximum Gasteiger partial charge on any atom is 0.281 e. The van der Waals surface area contributed by atoms with E-state index in [-0.39, 0.29) is 11.8 Å². The molecule has 0 radical (unpaired) electrons. The van der Waals surface area contributed by atoms with Gasteiger partial charge < -0.3 is 9.64 Å². The first kappa shape index (κ1) is 19.4. The fourth-order valence-electron chi connectivity index (χ4n) is 3.59. The second-order valence-electron chi connectivity index (χ2n) is 7.32. The molecule has 1 atom stereocenters. The average molecular weight is 421 g/mol. The van der Waals surface area contributed by atoms with Gasteiger partial charge in [-0.2, -0.15) is 0 Å². The van der Waals surface area contributed by atoms with Crippen LogP contribution in [0.1, 0.15) is 49.5 Å². The van der Waals surface area contributed by atoms with Crippen molar-refractivity contribution in [2.24, 2.45) is 5.92 Å². The van der Waals surface area contributed by atoms with Crippen LogP contribution in [0.2, 0.25) is 0 Å². The Morgan fingerprint density at radius 3 is 2.79 bits per heavy atom. The van der Waals surface area contributed by atoms with E-state index in [1.807, 2.05) is 12.3 Å². The molecule has 1 aliphatic heterocycles. The maximum atomic E-state index is 12.6. The van der Waals surface area contributed by atoms with Crippen molar-refractivity contribution in [2.45, 2.75) is 33.1 Å². The molecule has 0 spiro atoms. The van der Waals surface area contributed by atoms with Crippen LogP contribution in [0.3, 0.4) is 0 Å². The lowest BCUT2D eigenvalue weighted by Crippen LogP contribution is -2.41. The Balaban J connectivity index is 1.39. The van der Waals surface area contributed by atoms with Gasteiger partial charge in [-0.3, -0.25) is 20.4 Å². The number of anilines is 1. The number of carbonyl (C=O) groups excluding carboxylic acids is 2. The predicted octanol–water partition coefficient (Wildman–Crippen LogP) is 2.55. The van der Waals surface area contributed by atoms with E-state index >= 15 is 0 Å². The number of aromatic nitrogens is 1. The molecule has 2 aromatic rings. The summed E-state index contributed by atoms with van der Waals surface area (Å²) < 4.78 is 5.36. The number of ether oxygens (including phenoxy) is 1. The van der Waals surface area contributed by atoms with E-state index < -0.39 is 0 Å². The Morgan fingerprint density at radius 2 is 2.00 bits per heavy atom. The van der Waals surface area contributed by atoms with Gasteiger partial charge >= 0.3 is 0 Å². The molecule has 1 saturated heterocycles. The fraction of sp³-hybridized carbons (Fsp3) is 0.526. The smallest absolute Gasteiger partial charge is 0.281 e. The first-order valence-corrected chi connectivity index (χ1v) is 11.2. The summed E-state index contributed by atoms with van der Waals surface area (Å²) in [6, 6.07) is 0. The number of rotatable bonds is 3. The number of thiophene rings is 1. The van der Waals surface area contributed by atoms with Gasteiger partial charge in [0.25, 0.3) is 11.8 Å². The van der Waals surface area contributed by atoms with Gasteiger partial charge in [0.05, 0.1) is 24.5 Å². The number of hydrogen-bond donors (Lipinski definition) is 2. The third-order valence-corrected chi connectivity index (χ3v) is 7.48. The molecule has 2 aromatic heterocycles. The van der Waals surface area contributed by atoms with Crippen molar-refractivity contribution in [3.63, 3.8) is 0 Å². The monoisotopic (exact) mass is 420 g/mol. The summed E-state index contributed by atoms with van der Waals surface area (Å²) in [6.07, 6.45) is 3.05. The molecule has 2 aliphatic rings. The second kappa shape index (κ2) is 8.18. The number of nitrogens with zero attached hydrogens (tertiary/aromatic N) is 2. The molecule has 2 N–H and O–H groups in total. The second-order valence-corrected chi connectivity index (χ2v) is 9.26. The third-order valence-electron chi connectivity index (χ3n) is 5.21. The van der Waals surface area contributed by atoms with E-state index in [4.69, 9.17) is 4.74 Å². The zero-order valence-electron chi connectivity index (χ0n) is 16.0. The minimum absolute atomic E-state index is 0.254. The van der Waals surface area contributed by atoms with Crippen LogP contribution in [0.5, 0.6) is 0 Å². The van der Waals surface area contributed by atoms with Crippen molar-refractivity contribution >= 4 is 39.6 Å². The minimum Gasteiger partial charge on any atom is -0.378 e. The Morgan fingerprint density at radius 1 is 1.25 bits per heavy atom. The van der Waals surface area contributed by atoms with Gasteiger partial charge in [0, 0.05) is 23.3 Å². The van der Waals surface area contributed by atoms with E-state index in [0.29, 0.717) is 35.3 Å². The summed E-state index contributed by atoms with van der Waals surface area (Å²) in [5, 5.41) is 2.72. The Bertz CT molecular complexity index is 886. The van der Waals surface area contributed by atoms with Crippen molar-refractivity contribution in [1.82, 2.24) is 15.8 Å². The molecule has 150 valence electrons. The molecule has 1 unspecified atom stereocenters. The molecule has 2 amide bonds. The number of nitrogens with one attached hydrogen (secondary N) is 2. The number of carbonyl (C=O) groups is 2. The molecule has 4 rings (SSSR count). The molecule has 1 aliphatic carbocycles. The van der Waals surface area contributed by atoms with Crippen molar-refractivity contribution < 1.29 is 14.3 Å². The maximum absolute atomic E-state index is 12.6. The molecule has 3 heterocycles. The van der Waals surface area contributed by atoms with E-state index in [0.717, 1.165) is 43.0 Å². The van der Waals surface area contributed by atoms with Gasteiger partial charge in [-0.15, -0.1) is 11.3 Å². The summed E-state index contributed by atoms with van der Waals surface area (Å²) in [5.41, 5.74) is 7.61. The Hall–Kier alpha value is -1.97. The number of aryl methyl sites for hydroxylation is 1. The predicted molar refractivity (Wildman–Crippen MR) is 110 cm³/mol. The zero-order chi connectivity index (χ0) is 19.7. The summed E-state index contributed by atoms with van der Waals surface area (Å²) in [7, 11) is 0. The molecule has 0 bridgehead atoms. The van der Waals surface area contributed by atoms with E-state index in [2.05, 4.69) is 27.7 Å². The van der Waals surface area contributed by atoms with Crippen molar-refractivity contribution in [2.75, 3.05) is 31.2 Å². The van der Waals surface area contributed by atoms with Gasteiger partial charge in [0.2, 0.25) is 0 Å². The fourth-order valence-corrected chi connectivity index (χ4v) is 5.85. The number of thiazole rings is 1. The standard InChI is InChI=1S/C19H24N4O3S2/c1-11-3-4-13-14(10-27-15(13)9-11)17(24)21-22-18(25)16-12(2)20-19(28-16)23-5-7-26-8-6-23/h10-11H,3-9H2,1-2H3,(H,21,24)(H,22,25). The Labute approximate surface area is 172 Å². The highest BCUT2D eigenvalue weighted by Gasteiger charge is 2.24. The van der Waals surface area contributed by atoms with Gasteiger partial charge in [-0.05, 0) is 37.7 Å². The van der Waals surface area contributed by atoms with Crippen LogP contribution in [0.4, 0.5) is 5.13 Å². The van der Waals surface area contributed by atoms with Crippen LogP contribution >= 0.6 is 22.7 Å². The van der Waals surface area contributed by atoms with Crippen LogP contribution in [-0.2, 0) is 17.6 Å². The lowest BCUT2D eigenvalue weighted by atomic mass is 9.88. The quantitative estimate of drug-likeness (QED) is 0.746. The summed E-state index contributed by atoms with van der Waals surface area (Å²) >= 11 is 2.98. The average Bonchev–Trinajstić information content (AvgIpc) is 3.30. The van der Waals surface area contributed by atoms with Crippen molar-refractivity contribution in [1.29, 1.82) is 0 Å². The molecule has 0 saturated carbocycles. The normalized spacial score (nSPS) is 19.2. The van der Waals surface area contributed by atoms with Gasteiger partial charge in [0.1, 0.15) is 4.88 Å². The van der Waals surface area contributed by atoms with E-state index in [1.54, 1.807) is 11.3 Å². The number of morpholine rings is 1. The van der Waals surface area contributed by atoms with Crippen LogP contribution in [0, 0.1) is 12.8 Å². The summed E-state index contributed by atoms with van der Waals surface area (Å²) in [6.45, 7) is 6.93. The van der Waals surface area contributed by atoms with Crippen LogP contribution < -0.4 is 15.8 Å². The van der Waals surface area contributed by atoms with Gasteiger partial charge in [0.15, 0.2) is 5.13 Å². The van der Waals surface area contributed by atoms with E-state index in [1.165, 1.54) is 16.2 Å². The SMILES string of the molecule is Cc1nc(N2CCOCC2)sc1C(=O)NNC(=O)c1csc2c1CCC(C)C2. The molecular weight excluding hydrogens is 396 g/mol. The van der Waals surface area contributed by atoms with Gasteiger partial charge in [-0.25, -0.2) is 4.98 Å². The van der Waals surface area contributed by atoms with Crippen LogP contribution in [0.15, 0.2) is 5.38 Å². The molecule has 0 aromatic carbocycles. The Kier molecular flexibility index (Phi) is 5.65. The zero-order valence-corrected chi connectivity index (χ0v) is 17.7. The molecule has 28 heavy (non-hydrogen) atoms. The first-order chi connectivity index (χ1) is 13.5. The highest BCUT2D eigenvalue weighted by Crippen LogP contribution is 2.32. The first-order valence-electron chi connectivity index (χ1n) is 9.53. The largest absolute Gasteiger partial charge is 0.378 e. The van der Waals surface area contributed by atoms with Crippen LogP contribution in [-0.4, -0.2) is 43.1 Å². The highest BCUT2D eigenvalue weighted by atomic mass is 32.1. The third kappa shape index (κ3) is 3.92. The lowest BCUT2D eigenvalue weighted by molar-refractivity contribution is 0.0848. The number of fused-ring (bicyclic) bond motifs is 1. The van der Waals surface area contributed by atoms with Crippen molar-refractivity contribution in [3.05, 3.63) is 32.0 Å². The number of hydrazine groups is 1. The molecular formula is C19H24N4O3S2. The summed E-state index contributed by atoms with van der Waals surface area (Å²) in [4.78, 5) is 33.6. The van der Waals surface area contributed by atoms with E-state index in [9.17, 15) is 9.59 Å². The lowest BCUT2D eigenvalue weighted by Gasteiger charge is -2.25. The topological polar surface area (TPSA) is 83.6 Å². The minimum atomic E-state index is -0.333. The summed E-state index contributed by atoms with van der Waals surface area (Å²) in [5.74, 6) is 0.0771. The number of amides is 2. The highest BCUT2D eigenvalue weighted by molar-refractivity contribution is 7.17. The molecule has 7 nitrogen and oxygen atoms in total. The molecule has 9 heteroatoms.